The molecule has 2 bridgehead atoms. The molecule has 3 rings (SSSR count). The van der Waals surface area contributed by atoms with Crippen molar-refractivity contribution in [2.45, 2.75) is 89.1 Å². The minimum absolute atomic E-state index is 0.269. The van der Waals surface area contributed by atoms with E-state index in [-0.39, 0.29) is 18.5 Å². The second-order valence-electron chi connectivity index (χ2n) is 8.83. The highest BCUT2D eigenvalue weighted by atomic mass is 127. The zero-order valence-corrected chi connectivity index (χ0v) is 26.1. The van der Waals surface area contributed by atoms with Crippen LogP contribution in [0.2, 0.25) is 0 Å². The average molecular weight is 798 g/mol. The third-order valence-corrected chi connectivity index (χ3v) is 9.06. The van der Waals surface area contributed by atoms with Crippen LogP contribution in [-0.4, -0.2) is 45.7 Å². The molecule has 1 aliphatic heterocycles. The first-order chi connectivity index (χ1) is 16.1. The average Bonchev–Trinajstić information content (AvgIpc) is 2.97. The van der Waals surface area contributed by atoms with Gasteiger partial charge in [-0.3, -0.25) is 0 Å². The predicted octanol–water partition coefficient (Wildman–Crippen LogP) is 7.63. The maximum absolute atomic E-state index is 6.67. The standard InChI is InChI=1S/C25H37I3O5/c1-29-13-14-30-15-16-31-24-21(27)17-20(26)22(23(24)28)25-32-18-9-7-5-3-2-4-6-8-10-19(33-25)12-11-18/h17-19,25H,2-16H2,1H3. The van der Waals surface area contributed by atoms with E-state index in [1.165, 1.54) is 48.5 Å². The summed E-state index contributed by atoms with van der Waals surface area (Å²) in [5.74, 6) is 0.904. The van der Waals surface area contributed by atoms with Crippen molar-refractivity contribution < 1.29 is 23.7 Å². The van der Waals surface area contributed by atoms with Crippen molar-refractivity contribution in [1.82, 2.24) is 0 Å². The quantitative estimate of drug-likeness (QED) is 0.200. The van der Waals surface area contributed by atoms with Crippen LogP contribution in [0.4, 0.5) is 0 Å². The van der Waals surface area contributed by atoms with Gasteiger partial charge in [0.2, 0.25) is 0 Å². The molecule has 5 nitrogen and oxygen atoms in total. The van der Waals surface area contributed by atoms with Gasteiger partial charge in [-0.1, -0.05) is 44.9 Å². The van der Waals surface area contributed by atoms with Crippen molar-refractivity contribution in [1.29, 1.82) is 0 Å². The number of ether oxygens (including phenoxy) is 5. The molecule has 188 valence electrons. The summed E-state index contributed by atoms with van der Waals surface area (Å²) in [4.78, 5) is 0. The first-order valence-corrected chi connectivity index (χ1v) is 15.5. The molecule has 1 aromatic carbocycles. The van der Waals surface area contributed by atoms with Crippen LogP contribution in [0.25, 0.3) is 0 Å². The van der Waals surface area contributed by atoms with E-state index in [9.17, 15) is 0 Å². The summed E-state index contributed by atoms with van der Waals surface area (Å²) in [5, 5.41) is 0. The number of halogens is 3. The Kier molecular flexibility index (Phi) is 13.9. The highest BCUT2D eigenvalue weighted by Crippen LogP contribution is 2.41. The molecule has 2 unspecified atom stereocenters. The van der Waals surface area contributed by atoms with Gasteiger partial charge in [-0.2, -0.15) is 0 Å². The lowest BCUT2D eigenvalue weighted by molar-refractivity contribution is -0.183. The Bertz CT molecular complexity index is 698. The van der Waals surface area contributed by atoms with Crippen molar-refractivity contribution in [2.24, 2.45) is 0 Å². The van der Waals surface area contributed by atoms with Crippen LogP contribution >= 0.6 is 67.8 Å². The van der Waals surface area contributed by atoms with Gasteiger partial charge in [0.25, 0.3) is 0 Å². The molecule has 2 fully saturated rings. The first-order valence-electron chi connectivity index (χ1n) is 12.3. The van der Waals surface area contributed by atoms with Crippen molar-refractivity contribution in [3.63, 3.8) is 0 Å². The highest BCUT2D eigenvalue weighted by molar-refractivity contribution is 14.1. The zero-order chi connectivity index (χ0) is 23.5. The van der Waals surface area contributed by atoms with Gasteiger partial charge in [0.1, 0.15) is 12.4 Å². The molecule has 33 heavy (non-hydrogen) atoms. The molecule has 1 aliphatic carbocycles. The van der Waals surface area contributed by atoms with E-state index >= 15 is 0 Å². The summed E-state index contributed by atoms with van der Waals surface area (Å²) in [6, 6.07) is 2.18. The van der Waals surface area contributed by atoms with Crippen LogP contribution in [0.15, 0.2) is 6.07 Å². The Morgan fingerprint density at radius 2 is 1.33 bits per heavy atom. The second-order valence-corrected chi connectivity index (χ2v) is 12.2. The lowest BCUT2D eigenvalue weighted by atomic mass is 10.0. The zero-order valence-electron chi connectivity index (χ0n) is 19.6. The van der Waals surface area contributed by atoms with E-state index in [0.29, 0.717) is 26.4 Å². The molecule has 1 saturated carbocycles. The number of methoxy groups -OCH3 is 1. The summed E-state index contributed by atoms with van der Waals surface area (Å²) in [7, 11) is 1.68. The van der Waals surface area contributed by atoms with Crippen molar-refractivity contribution >= 4 is 67.8 Å². The first kappa shape index (κ1) is 28.6. The molecule has 1 saturated heterocycles. The minimum atomic E-state index is -0.332. The second kappa shape index (κ2) is 16.0. The Labute approximate surface area is 240 Å². The van der Waals surface area contributed by atoms with Crippen molar-refractivity contribution in [3.8, 4) is 5.75 Å². The van der Waals surface area contributed by atoms with E-state index < -0.39 is 0 Å². The Morgan fingerprint density at radius 1 is 0.758 bits per heavy atom. The summed E-state index contributed by atoms with van der Waals surface area (Å²) >= 11 is 7.20. The Morgan fingerprint density at radius 3 is 1.94 bits per heavy atom. The summed E-state index contributed by atoms with van der Waals surface area (Å²) in [6.07, 6.45) is 13.9. The molecule has 1 heterocycles. The highest BCUT2D eigenvalue weighted by Gasteiger charge is 2.32. The number of fused-ring (bicyclic) bond motifs is 3. The fraction of sp³-hybridized carbons (Fsp3) is 0.760. The van der Waals surface area contributed by atoms with Crippen LogP contribution in [0.1, 0.15) is 82.5 Å². The monoisotopic (exact) mass is 798 g/mol. The lowest BCUT2D eigenvalue weighted by Crippen LogP contribution is -2.20. The molecule has 2 aliphatic rings. The van der Waals surface area contributed by atoms with E-state index in [4.69, 9.17) is 23.7 Å². The SMILES string of the molecule is COCCOCCOc1c(I)cc(I)c(C2OC3CCCCCCCCCC(CC3)O2)c1I. The van der Waals surface area contributed by atoms with Gasteiger partial charge in [-0.25, -0.2) is 0 Å². The number of rotatable bonds is 8. The molecule has 0 spiro atoms. The van der Waals surface area contributed by atoms with Crippen LogP contribution in [0.5, 0.6) is 5.75 Å². The van der Waals surface area contributed by atoms with E-state index in [0.717, 1.165) is 44.1 Å². The van der Waals surface area contributed by atoms with Gasteiger partial charge in [-0.05, 0) is 99.5 Å². The van der Waals surface area contributed by atoms with Crippen molar-refractivity contribution in [3.05, 3.63) is 22.3 Å². The Hall–Kier alpha value is 1.05. The number of benzene rings is 1. The van der Waals surface area contributed by atoms with Gasteiger partial charge >= 0.3 is 0 Å². The summed E-state index contributed by atoms with van der Waals surface area (Å²) in [6.45, 7) is 2.23. The largest absolute Gasteiger partial charge is 0.489 e. The van der Waals surface area contributed by atoms with Gasteiger partial charge < -0.3 is 23.7 Å². The van der Waals surface area contributed by atoms with E-state index in [2.05, 4.69) is 73.8 Å². The summed E-state index contributed by atoms with van der Waals surface area (Å²) < 4.78 is 33.5. The van der Waals surface area contributed by atoms with Gasteiger partial charge in [0, 0.05) is 16.2 Å². The van der Waals surface area contributed by atoms with Gasteiger partial charge in [0.05, 0.1) is 39.2 Å². The number of hydrogen-bond donors (Lipinski definition) is 0. The van der Waals surface area contributed by atoms with E-state index in [1.807, 2.05) is 0 Å². The molecule has 0 radical (unpaired) electrons. The van der Waals surface area contributed by atoms with Gasteiger partial charge in [0.15, 0.2) is 6.29 Å². The maximum Gasteiger partial charge on any atom is 0.186 e. The maximum atomic E-state index is 6.67. The van der Waals surface area contributed by atoms with Crippen LogP contribution < -0.4 is 4.74 Å². The normalized spacial score (nSPS) is 25.0. The fourth-order valence-electron chi connectivity index (χ4n) is 4.46. The predicted molar refractivity (Wildman–Crippen MR) is 156 cm³/mol. The molecule has 0 aromatic heterocycles. The van der Waals surface area contributed by atoms with Crippen LogP contribution in [0, 0.1) is 10.7 Å². The Balaban J connectivity index is 1.75. The lowest BCUT2D eigenvalue weighted by Gasteiger charge is -2.27. The van der Waals surface area contributed by atoms with Crippen molar-refractivity contribution in [2.75, 3.05) is 33.5 Å². The molecule has 8 heteroatoms. The molecule has 0 N–H and O–H groups in total. The van der Waals surface area contributed by atoms with Crippen LogP contribution in [-0.2, 0) is 18.9 Å². The molecular formula is C25H37I3O5. The molecule has 1 aromatic rings. The smallest absolute Gasteiger partial charge is 0.186 e. The molecule has 2 atom stereocenters. The van der Waals surface area contributed by atoms with Gasteiger partial charge in [-0.15, -0.1) is 0 Å². The third-order valence-electron chi connectivity index (χ3n) is 6.30. The third kappa shape index (κ3) is 9.46. The number of hydrogen-bond acceptors (Lipinski definition) is 5. The summed E-state index contributed by atoms with van der Waals surface area (Å²) in [5.41, 5.74) is 1.12. The minimum Gasteiger partial charge on any atom is -0.489 e. The molecular weight excluding hydrogens is 761 g/mol. The topological polar surface area (TPSA) is 46.2 Å². The van der Waals surface area contributed by atoms with E-state index in [1.54, 1.807) is 7.11 Å². The fourth-order valence-corrected chi connectivity index (χ4v) is 8.65. The molecule has 0 amide bonds. The van der Waals surface area contributed by atoms with Crippen LogP contribution in [0.3, 0.4) is 0 Å².